The van der Waals surface area contributed by atoms with Crippen LogP contribution in [0.4, 0.5) is 0 Å². The molecule has 29 heavy (non-hydrogen) atoms. The molecule has 1 atom stereocenters. The first-order valence-electron chi connectivity index (χ1n) is 10.1. The maximum absolute atomic E-state index is 13.5. The minimum absolute atomic E-state index is 0.116. The summed E-state index contributed by atoms with van der Waals surface area (Å²) in [7, 11) is 1.68. The Kier molecular flexibility index (Phi) is 5.38. The Labute approximate surface area is 171 Å². The molecule has 0 saturated carbocycles. The van der Waals surface area contributed by atoms with Gasteiger partial charge in [0.1, 0.15) is 11.6 Å². The highest BCUT2D eigenvalue weighted by molar-refractivity contribution is 5.96. The molecular weight excluding hydrogens is 362 g/mol. The molecule has 1 aliphatic rings. The van der Waals surface area contributed by atoms with E-state index in [9.17, 15) is 4.79 Å². The molecule has 5 heteroatoms. The molecule has 0 radical (unpaired) electrons. The van der Waals surface area contributed by atoms with Crippen molar-refractivity contribution in [1.29, 1.82) is 0 Å². The Morgan fingerprint density at radius 3 is 2.79 bits per heavy atom. The quantitative estimate of drug-likeness (QED) is 0.652. The topological polar surface area (TPSA) is 47.4 Å². The smallest absolute Gasteiger partial charge is 0.255 e. The summed E-state index contributed by atoms with van der Waals surface area (Å²) in [6.45, 7) is 4.83. The third kappa shape index (κ3) is 3.77. The molecule has 0 aliphatic carbocycles. The van der Waals surface area contributed by atoms with Crippen LogP contribution in [0.15, 0.2) is 54.7 Å². The number of pyridine rings is 1. The number of amides is 1. The summed E-state index contributed by atoms with van der Waals surface area (Å²) >= 11 is 0. The molecule has 1 saturated heterocycles. The minimum Gasteiger partial charge on any atom is -0.497 e. The van der Waals surface area contributed by atoms with Gasteiger partial charge in [0.15, 0.2) is 0 Å². The van der Waals surface area contributed by atoms with Crippen molar-refractivity contribution in [2.75, 3.05) is 13.7 Å². The number of methoxy groups -OCH3 is 1. The van der Waals surface area contributed by atoms with Gasteiger partial charge in [-0.1, -0.05) is 18.2 Å². The second-order valence-corrected chi connectivity index (χ2v) is 7.66. The Bertz CT molecular complexity index is 1010. The van der Waals surface area contributed by atoms with Crippen LogP contribution in [0.1, 0.15) is 40.2 Å². The molecule has 0 spiro atoms. The highest BCUT2D eigenvalue weighted by Gasteiger charge is 2.31. The van der Waals surface area contributed by atoms with Crippen molar-refractivity contribution in [1.82, 2.24) is 14.5 Å². The van der Waals surface area contributed by atoms with Gasteiger partial charge in [-0.3, -0.25) is 4.79 Å². The highest BCUT2D eigenvalue weighted by atomic mass is 16.5. The Balaban J connectivity index is 1.59. The molecule has 0 bridgehead atoms. The summed E-state index contributed by atoms with van der Waals surface area (Å²) in [6, 6.07) is 16.2. The van der Waals surface area contributed by atoms with E-state index < -0.39 is 0 Å². The normalized spacial score (nSPS) is 16.2. The van der Waals surface area contributed by atoms with Gasteiger partial charge < -0.3 is 14.2 Å². The van der Waals surface area contributed by atoms with Crippen LogP contribution in [-0.4, -0.2) is 40.1 Å². The molecule has 5 nitrogen and oxygen atoms in total. The molecule has 2 aromatic heterocycles. The van der Waals surface area contributed by atoms with Crippen molar-refractivity contribution in [3.05, 3.63) is 77.2 Å². The maximum atomic E-state index is 13.5. The molecule has 0 N–H and O–H groups in total. The van der Waals surface area contributed by atoms with Gasteiger partial charge in [-0.05, 0) is 69.0 Å². The maximum Gasteiger partial charge on any atom is 0.255 e. The van der Waals surface area contributed by atoms with Crippen LogP contribution in [0.2, 0.25) is 0 Å². The van der Waals surface area contributed by atoms with Crippen LogP contribution in [-0.2, 0) is 6.42 Å². The summed E-state index contributed by atoms with van der Waals surface area (Å²) in [5.74, 6) is 1.82. The fourth-order valence-electron chi connectivity index (χ4n) is 4.36. The molecule has 1 aromatic carbocycles. The van der Waals surface area contributed by atoms with Crippen LogP contribution in [0, 0.1) is 13.8 Å². The first kappa shape index (κ1) is 19.2. The van der Waals surface area contributed by atoms with E-state index in [1.54, 1.807) is 13.3 Å². The van der Waals surface area contributed by atoms with E-state index in [1.165, 1.54) is 5.56 Å². The lowest BCUT2D eigenvalue weighted by Crippen LogP contribution is -2.37. The van der Waals surface area contributed by atoms with Crippen LogP contribution < -0.4 is 4.74 Å². The molecular formula is C24H27N3O2. The molecule has 150 valence electrons. The Morgan fingerprint density at radius 1 is 1.17 bits per heavy atom. The number of ether oxygens (including phenoxy) is 1. The summed E-state index contributed by atoms with van der Waals surface area (Å²) in [4.78, 5) is 20.0. The second kappa shape index (κ2) is 8.11. The van der Waals surface area contributed by atoms with Gasteiger partial charge >= 0.3 is 0 Å². The van der Waals surface area contributed by atoms with Gasteiger partial charge in [0.25, 0.3) is 5.91 Å². The van der Waals surface area contributed by atoms with Gasteiger partial charge in [0.05, 0.1) is 12.7 Å². The monoisotopic (exact) mass is 389 g/mol. The van der Waals surface area contributed by atoms with Crippen molar-refractivity contribution in [2.45, 2.75) is 39.2 Å². The van der Waals surface area contributed by atoms with Crippen molar-refractivity contribution in [2.24, 2.45) is 0 Å². The first-order valence-corrected chi connectivity index (χ1v) is 10.1. The average Bonchev–Trinajstić information content (AvgIpc) is 3.32. The molecule has 4 rings (SSSR count). The fraction of sp³-hybridized carbons (Fsp3) is 0.333. The van der Waals surface area contributed by atoms with Gasteiger partial charge in [0, 0.05) is 30.2 Å². The third-order valence-corrected chi connectivity index (χ3v) is 5.78. The van der Waals surface area contributed by atoms with E-state index in [0.717, 1.165) is 54.3 Å². The minimum atomic E-state index is 0.116. The van der Waals surface area contributed by atoms with E-state index in [-0.39, 0.29) is 11.9 Å². The SMILES string of the molecule is COc1cccc(CC2CCCN2C(=O)c2cc(C)n(-c3ccccn3)c2C)c1. The summed E-state index contributed by atoms with van der Waals surface area (Å²) < 4.78 is 7.40. The van der Waals surface area contributed by atoms with E-state index in [4.69, 9.17) is 4.74 Å². The number of carbonyl (C=O) groups excluding carboxylic acids is 1. The first-order chi connectivity index (χ1) is 14.1. The number of hydrogen-bond donors (Lipinski definition) is 0. The van der Waals surface area contributed by atoms with Gasteiger partial charge in [-0.25, -0.2) is 4.98 Å². The Morgan fingerprint density at radius 2 is 2.03 bits per heavy atom. The Hall–Kier alpha value is -3.08. The lowest BCUT2D eigenvalue weighted by molar-refractivity contribution is 0.0736. The number of nitrogens with zero attached hydrogens (tertiary/aromatic N) is 3. The second-order valence-electron chi connectivity index (χ2n) is 7.66. The standard InChI is InChI=1S/C24H27N3O2/c1-17-14-22(18(2)27(17)23-11-4-5-12-25-23)24(28)26-13-7-9-20(26)15-19-8-6-10-21(16-19)29-3/h4-6,8,10-12,14,16,20H,7,9,13,15H2,1-3H3. The van der Waals surface area contributed by atoms with Crippen molar-refractivity contribution >= 4 is 5.91 Å². The number of aromatic nitrogens is 2. The summed E-state index contributed by atoms with van der Waals surface area (Å²) in [6.07, 6.45) is 4.70. The molecule has 3 aromatic rings. The van der Waals surface area contributed by atoms with E-state index in [2.05, 4.69) is 21.7 Å². The van der Waals surface area contributed by atoms with E-state index in [0.29, 0.717) is 0 Å². The highest BCUT2D eigenvalue weighted by Crippen LogP contribution is 2.27. The largest absolute Gasteiger partial charge is 0.497 e. The van der Waals surface area contributed by atoms with Crippen LogP contribution in [0.25, 0.3) is 5.82 Å². The molecule has 3 heterocycles. The number of benzene rings is 1. The lowest BCUT2D eigenvalue weighted by Gasteiger charge is -2.25. The van der Waals surface area contributed by atoms with Gasteiger partial charge in [-0.2, -0.15) is 0 Å². The average molecular weight is 389 g/mol. The number of aryl methyl sites for hydroxylation is 1. The zero-order valence-corrected chi connectivity index (χ0v) is 17.3. The zero-order chi connectivity index (χ0) is 20.4. The van der Waals surface area contributed by atoms with Crippen molar-refractivity contribution in [3.8, 4) is 11.6 Å². The predicted octanol–water partition coefficient (Wildman–Crippen LogP) is 4.35. The lowest BCUT2D eigenvalue weighted by atomic mass is 10.0. The number of rotatable bonds is 5. The predicted molar refractivity (Wildman–Crippen MR) is 114 cm³/mol. The van der Waals surface area contributed by atoms with Crippen LogP contribution >= 0.6 is 0 Å². The third-order valence-electron chi connectivity index (χ3n) is 5.78. The fourth-order valence-corrected chi connectivity index (χ4v) is 4.36. The molecule has 1 fully saturated rings. The van der Waals surface area contributed by atoms with E-state index >= 15 is 0 Å². The van der Waals surface area contributed by atoms with Gasteiger partial charge in [0.2, 0.25) is 0 Å². The van der Waals surface area contributed by atoms with Crippen molar-refractivity contribution in [3.63, 3.8) is 0 Å². The number of hydrogen-bond acceptors (Lipinski definition) is 3. The summed E-state index contributed by atoms with van der Waals surface area (Å²) in [5.41, 5.74) is 3.94. The van der Waals surface area contributed by atoms with E-state index in [1.807, 2.05) is 55.1 Å². The molecule has 1 aliphatic heterocycles. The molecule has 1 amide bonds. The van der Waals surface area contributed by atoms with Crippen LogP contribution in [0.3, 0.4) is 0 Å². The zero-order valence-electron chi connectivity index (χ0n) is 17.3. The van der Waals surface area contributed by atoms with Crippen molar-refractivity contribution < 1.29 is 9.53 Å². The number of carbonyl (C=O) groups is 1. The molecule has 1 unspecified atom stereocenters. The van der Waals surface area contributed by atoms with Crippen LogP contribution in [0.5, 0.6) is 5.75 Å². The van der Waals surface area contributed by atoms with Gasteiger partial charge in [-0.15, -0.1) is 0 Å². The summed E-state index contributed by atoms with van der Waals surface area (Å²) in [5, 5.41) is 0. The number of likely N-dealkylation sites (tertiary alicyclic amines) is 1.